The van der Waals surface area contributed by atoms with Crippen LogP contribution in [0.15, 0.2) is 6.07 Å². The Hall–Kier alpha value is -2.48. The molecule has 0 saturated carbocycles. The molecule has 1 saturated heterocycles. The molecule has 3 rings (SSSR count). The molecule has 128 valence electrons. The maximum atomic E-state index is 12.6. The SMILES string of the molecule is CCOC(=O)c1c(C)nc2cc(C(=O)N3CCOCC3)nn2c1C. The second kappa shape index (κ2) is 6.56. The molecule has 24 heavy (non-hydrogen) atoms. The predicted molar refractivity (Wildman–Crippen MR) is 85.1 cm³/mol. The predicted octanol–water partition coefficient (Wildman–Crippen LogP) is 0.995. The van der Waals surface area contributed by atoms with Crippen LogP contribution in [0.1, 0.15) is 39.2 Å². The first-order valence-corrected chi connectivity index (χ1v) is 7.94. The van der Waals surface area contributed by atoms with E-state index >= 15 is 0 Å². The third-order valence-electron chi connectivity index (χ3n) is 4.01. The highest BCUT2D eigenvalue weighted by molar-refractivity contribution is 5.94. The van der Waals surface area contributed by atoms with Crippen molar-refractivity contribution in [1.29, 1.82) is 0 Å². The van der Waals surface area contributed by atoms with E-state index in [9.17, 15) is 9.59 Å². The molecule has 0 N–H and O–H groups in total. The molecule has 0 radical (unpaired) electrons. The van der Waals surface area contributed by atoms with Gasteiger partial charge in [-0.05, 0) is 20.8 Å². The van der Waals surface area contributed by atoms with Gasteiger partial charge in [-0.3, -0.25) is 4.79 Å². The van der Waals surface area contributed by atoms with E-state index in [4.69, 9.17) is 9.47 Å². The van der Waals surface area contributed by atoms with Gasteiger partial charge in [0.15, 0.2) is 11.3 Å². The third kappa shape index (κ3) is 2.84. The summed E-state index contributed by atoms with van der Waals surface area (Å²) in [5.74, 6) is -0.586. The molecule has 0 aromatic carbocycles. The number of ether oxygens (including phenoxy) is 2. The number of fused-ring (bicyclic) bond motifs is 1. The first kappa shape index (κ1) is 16.4. The molecule has 0 atom stereocenters. The van der Waals surface area contributed by atoms with Crippen LogP contribution in [-0.4, -0.2) is 64.3 Å². The molecule has 0 unspecified atom stereocenters. The largest absolute Gasteiger partial charge is 0.462 e. The first-order chi connectivity index (χ1) is 11.5. The van der Waals surface area contributed by atoms with Crippen LogP contribution in [0.4, 0.5) is 0 Å². The fourth-order valence-electron chi connectivity index (χ4n) is 2.82. The van der Waals surface area contributed by atoms with Crippen LogP contribution >= 0.6 is 0 Å². The standard InChI is InChI=1S/C16H20N4O4/c1-4-24-16(22)14-10(2)17-13-9-12(18-20(13)11(14)3)15(21)19-5-7-23-8-6-19/h9H,4-8H2,1-3H3. The van der Waals surface area contributed by atoms with E-state index in [2.05, 4.69) is 10.1 Å². The van der Waals surface area contributed by atoms with E-state index in [1.54, 1.807) is 31.7 Å². The average molecular weight is 332 g/mol. The first-order valence-electron chi connectivity index (χ1n) is 7.94. The summed E-state index contributed by atoms with van der Waals surface area (Å²) in [6.07, 6.45) is 0. The number of hydrogen-bond donors (Lipinski definition) is 0. The van der Waals surface area contributed by atoms with Crippen molar-refractivity contribution in [2.45, 2.75) is 20.8 Å². The van der Waals surface area contributed by atoms with E-state index in [1.165, 1.54) is 4.52 Å². The normalized spacial score (nSPS) is 14.9. The Morgan fingerprint density at radius 2 is 2.00 bits per heavy atom. The Kier molecular flexibility index (Phi) is 4.48. The average Bonchev–Trinajstić information content (AvgIpc) is 2.99. The van der Waals surface area contributed by atoms with Gasteiger partial charge in [0.2, 0.25) is 0 Å². The molecular formula is C16H20N4O4. The number of aryl methyl sites for hydroxylation is 2. The van der Waals surface area contributed by atoms with E-state index in [1.807, 2.05) is 0 Å². The molecule has 8 nitrogen and oxygen atoms in total. The fourth-order valence-corrected chi connectivity index (χ4v) is 2.82. The zero-order valence-electron chi connectivity index (χ0n) is 14.0. The quantitative estimate of drug-likeness (QED) is 0.779. The lowest BCUT2D eigenvalue weighted by Gasteiger charge is -2.25. The monoisotopic (exact) mass is 332 g/mol. The molecule has 2 aromatic heterocycles. The number of carbonyl (C=O) groups excluding carboxylic acids is 2. The summed E-state index contributed by atoms with van der Waals surface area (Å²) in [6, 6.07) is 1.65. The van der Waals surface area contributed by atoms with Gasteiger partial charge in [0.1, 0.15) is 5.56 Å². The number of hydrogen-bond acceptors (Lipinski definition) is 6. The number of carbonyl (C=O) groups is 2. The Morgan fingerprint density at radius 1 is 1.29 bits per heavy atom. The number of esters is 1. The fraction of sp³-hybridized carbons (Fsp3) is 0.500. The van der Waals surface area contributed by atoms with Crippen molar-refractivity contribution in [3.8, 4) is 0 Å². The van der Waals surface area contributed by atoms with E-state index in [0.717, 1.165) is 0 Å². The van der Waals surface area contributed by atoms with Crippen LogP contribution < -0.4 is 0 Å². The maximum Gasteiger partial charge on any atom is 0.341 e. The second-order valence-electron chi connectivity index (χ2n) is 5.58. The third-order valence-corrected chi connectivity index (χ3v) is 4.01. The van der Waals surface area contributed by atoms with Gasteiger partial charge in [-0.25, -0.2) is 14.3 Å². The van der Waals surface area contributed by atoms with E-state index < -0.39 is 5.97 Å². The highest BCUT2D eigenvalue weighted by Gasteiger charge is 2.24. The van der Waals surface area contributed by atoms with Crippen molar-refractivity contribution in [3.63, 3.8) is 0 Å². The highest BCUT2D eigenvalue weighted by atomic mass is 16.5. The summed E-state index contributed by atoms with van der Waals surface area (Å²) in [7, 11) is 0. The lowest BCUT2D eigenvalue weighted by atomic mass is 10.2. The highest BCUT2D eigenvalue weighted by Crippen LogP contribution is 2.17. The summed E-state index contributed by atoms with van der Waals surface area (Å²) < 4.78 is 11.9. The molecule has 2 aromatic rings. The van der Waals surface area contributed by atoms with Crippen molar-refractivity contribution in [2.24, 2.45) is 0 Å². The van der Waals surface area contributed by atoms with Crippen LogP contribution in [0.5, 0.6) is 0 Å². The molecular weight excluding hydrogens is 312 g/mol. The number of nitrogens with zero attached hydrogens (tertiary/aromatic N) is 4. The van der Waals surface area contributed by atoms with Crippen molar-refractivity contribution in [3.05, 3.63) is 28.7 Å². The van der Waals surface area contributed by atoms with Crippen LogP contribution in [-0.2, 0) is 9.47 Å². The molecule has 0 bridgehead atoms. The van der Waals surface area contributed by atoms with Crippen molar-refractivity contribution in [2.75, 3.05) is 32.9 Å². The number of morpholine rings is 1. The topological polar surface area (TPSA) is 86.0 Å². The Balaban J connectivity index is 2.00. The second-order valence-corrected chi connectivity index (χ2v) is 5.58. The van der Waals surface area contributed by atoms with Gasteiger partial charge in [-0.15, -0.1) is 0 Å². The van der Waals surface area contributed by atoms with Crippen molar-refractivity contribution < 1.29 is 19.1 Å². The summed E-state index contributed by atoms with van der Waals surface area (Å²) in [5.41, 5.74) is 2.40. The number of aromatic nitrogens is 3. The molecule has 0 aliphatic carbocycles. The summed E-state index contributed by atoms with van der Waals surface area (Å²) in [4.78, 5) is 30.8. The lowest BCUT2D eigenvalue weighted by Crippen LogP contribution is -2.40. The summed E-state index contributed by atoms with van der Waals surface area (Å²) >= 11 is 0. The van der Waals surface area contributed by atoms with Gasteiger partial charge < -0.3 is 14.4 Å². The zero-order chi connectivity index (χ0) is 17.3. The van der Waals surface area contributed by atoms with Gasteiger partial charge >= 0.3 is 5.97 Å². The van der Waals surface area contributed by atoms with Gasteiger partial charge in [-0.2, -0.15) is 5.10 Å². The molecule has 8 heteroatoms. The molecule has 1 amide bonds. The molecule has 3 heterocycles. The van der Waals surface area contributed by atoms with Crippen LogP contribution in [0.25, 0.3) is 5.65 Å². The molecule has 1 aliphatic rings. The molecule has 1 fully saturated rings. The number of rotatable bonds is 3. The zero-order valence-corrected chi connectivity index (χ0v) is 14.0. The van der Waals surface area contributed by atoms with Gasteiger partial charge in [-0.1, -0.05) is 0 Å². The maximum absolute atomic E-state index is 12.6. The Morgan fingerprint density at radius 3 is 2.67 bits per heavy atom. The van der Waals surface area contributed by atoms with Crippen molar-refractivity contribution in [1.82, 2.24) is 19.5 Å². The van der Waals surface area contributed by atoms with Crippen LogP contribution in [0, 0.1) is 13.8 Å². The minimum atomic E-state index is -0.432. The van der Waals surface area contributed by atoms with E-state index in [0.29, 0.717) is 54.6 Å². The van der Waals surface area contributed by atoms with Gasteiger partial charge in [0.05, 0.1) is 31.2 Å². The molecule has 1 aliphatic heterocycles. The summed E-state index contributed by atoms with van der Waals surface area (Å²) in [6.45, 7) is 7.71. The van der Waals surface area contributed by atoms with Crippen molar-refractivity contribution >= 4 is 17.5 Å². The Bertz CT molecular complexity index is 793. The summed E-state index contributed by atoms with van der Waals surface area (Å²) in [5, 5.41) is 4.35. The van der Waals surface area contributed by atoms with Crippen LogP contribution in [0.3, 0.4) is 0 Å². The lowest BCUT2D eigenvalue weighted by molar-refractivity contribution is 0.0299. The van der Waals surface area contributed by atoms with Crippen LogP contribution in [0.2, 0.25) is 0 Å². The molecule has 0 spiro atoms. The van der Waals surface area contributed by atoms with Gasteiger partial charge in [0, 0.05) is 19.2 Å². The van der Waals surface area contributed by atoms with Gasteiger partial charge in [0.25, 0.3) is 5.91 Å². The minimum absolute atomic E-state index is 0.154. The Labute approximate surface area is 139 Å². The minimum Gasteiger partial charge on any atom is -0.462 e. The van der Waals surface area contributed by atoms with E-state index in [-0.39, 0.29) is 12.5 Å². The smallest absolute Gasteiger partial charge is 0.341 e. The number of amides is 1.